The van der Waals surface area contributed by atoms with E-state index in [4.69, 9.17) is 18.9 Å². The summed E-state index contributed by atoms with van der Waals surface area (Å²) in [5, 5.41) is 10.1. The predicted molar refractivity (Wildman–Crippen MR) is 204 cm³/mol. The molecular formula is C41H45N5O6. The Morgan fingerprint density at radius 3 is 2.35 bits per heavy atom. The minimum absolute atomic E-state index is 0.316. The summed E-state index contributed by atoms with van der Waals surface area (Å²) in [5.74, 6) is 0.813. The predicted octanol–water partition coefficient (Wildman–Crippen LogP) is 6.43. The average molecular weight is 704 g/mol. The number of anilines is 3. The largest absolute Gasteiger partial charge is 0.493 e. The number of nitrogens with one attached hydrogen (secondary N) is 3. The first-order chi connectivity index (χ1) is 25.4. The van der Waals surface area contributed by atoms with Gasteiger partial charge < -0.3 is 34.9 Å². The molecule has 0 aliphatic carbocycles. The zero-order chi connectivity index (χ0) is 36.3. The SMILES string of the molecule is COCCOCCNc1ccc(NC(=O)c2cnc3ccccc3c2)c(C(=O)Nc2ccc(CCN3CCc4cc(OC)c(OC)cc4C3)cc2)c1. The molecule has 11 heteroatoms. The van der Waals surface area contributed by atoms with E-state index in [0.29, 0.717) is 48.9 Å². The summed E-state index contributed by atoms with van der Waals surface area (Å²) in [6.45, 7) is 4.76. The third-order valence-electron chi connectivity index (χ3n) is 9.10. The lowest BCUT2D eigenvalue weighted by atomic mass is 9.98. The van der Waals surface area contributed by atoms with Crippen molar-refractivity contribution in [2.75, 3.05) is 76.7 Å². The second kappa shape index (κ2) is 17.6. The van der Waals surface area contributed by atoms with Crippen LogP contribution >= 0.6 is 0 Å². The van der Waals surface area contributed by atoms with Crippen molar-refractivity contribution in [3.63, 3.8) is 0 Å². The smallest absolute Gasteiger partial charge is 0.257 e. The monoisotopic (exact) mass is 703 g/mol. The molecule has 0 radical (unpaired) electrons. The molecule has 1 aliphatic heterocycles. The number of methoxy groups -OCH3 is 3. The minimum atomic E-state index is -0.361. The van der Waals surface area contributed by atoms with Gasteiger partial charge in [0.25, 0.3) is 11.8 Å². The minimum Gasteiger partial charge on any atom is -0.493 e. The highest BCUT2D eigenvalue weighted by Gasteiger charge is 2.20. The molecule has 2 amide bonds. The van der Waals surface area contributed by atoms with Crippen molar-refractivity contribution in [1.29, 1.82) is 0 Å². The number of hydrogen-bond acceptors (Lipinski definition) is 9. The number of aromatic nitrogens is 1. The summed E-state index contributed by atoms with van der Waals surface area (Å²) >= 11 is 0. The summed E-state index contributed by atoms with van der Waals surface area (Å²) in [6, 6.07) is 26.7. The normalized spacial score (nSPS) is 12.6. The quantitative estimate of drug-likeness (QED) is 0.0998. The summed E-state index contributed by atoms with van der Waals surface area (Å²) in [6.07, 6.45) is 3.37. The maximum Gasteiger partial charge on any atom is 0.257 e. The third-order valence-corrected chi connectivity index (χ3v) is 9.10. The fourth-order valence-electron chi connectivity index (χ4n) is 6.23. The van der Waals surface area contributed by atoms with E-state index in [1.54, 1.807) is 39.5 Å². The number of carbonyl (C=O) groups is 2. The Morgan fingerprint density at radius 2 is 1.56 bits per heavy atom. The van der Waals surface area contributed by atoms with Crippen LogP contribution in [-0.2, 0) is 28.9 Å². The summed E-state index contributed by atoms with van der Waals surface area (Å²) < 4.78 is 21.6. The number of para-hydroxylation sites is 1. The Morgan fingerprint density at radius 1 is 0.788 bits per heavy atom. The first kappa shape index (κ1) is 36.3. The standard InChI is InChI=1S/C41H45N5O6/c1-49-20-21-52-19-16-42-34-12-13-37(45-40(47)31-22-30-6-4-5-7-36(30)43-26-31)35(25-34)41(48)44-33-10-8-28(9-11-33)14-17-46-18-15-29-23-38(50-2)39(51-3)24-32(29)27-46/h4-13,22-26,42H,14-21,27H2,1-3H3,(H,44,48)(H,45,47). The van der Waals surface area contributed by atoms with Gasteiger partial charge >= 0.3 is 0 Å². The fourth-order valence-corrected chi connectivity index (χ4v) is 6.23. The Bertz CT molecular complexity index is 2000. The lowest BCUT2D eigenvalue weighted by Crippen LogP contribution is -2.32. The molecule has 0 bridgehead atoms. The van der Waals surface area contributed by atoms with Gasteiger partial charge in [0.05, 0.1) is 56.4 Å². The van der Waals surface area contributed by atoms with Gasteiger partial charge in [0.15, 0.2) is 11.5 Å². The molecule has 0 saturated heterocycles. The summed E-state index contributed by atoms with van der Waals surface area (Å²) in [4.78, 5) is 34.0. The highest BCUT2D eigenvalue weighted by molar-refractivity contribution is 6.13. The lowest BCUT2D eigenvalue weighted by Gasteiger charge is -2.29. The first-order valence-electron chi connectivity index (χ1n) is 17.4. The third kappa shape index (κ3) is 9.24. The van der Waals surface area contributed by atoms with Gasteiger partial charge in [0.2, 0.25) is 0 Å². The van der Waals surface area contributed by atoms with Crippen LogP contribution in [0.15, 0.2) is 91.1 Å². The number of ether oxygens (including phenoxy) is 4. The van der Waals surface area contributed by atoms with Crippen molar-refractivity contribution in [3.05, 3.63) is 119 Å². The Labute approximate surface area is 304 Å². The van der Waals surface area contributed by atoms with E-state index in [1.807, 2.05) is 54.6 Å². The number of pyridine rings is 1. The number of benzene rings is 4. The fraction of sp³-hybridized carbons (Fsp3) is 0.293. The van der Waals surface area contributed by atoms with Gasteiger partial charge in [-0.15, -0.1) is 0 Å². The molecule has 0 atom stereocenters. The Hall–Kier alpha value is -5.49. The lowest BCUT2D eigenvalue weighted by molar-refractivity contribution is 0.0759. The van der Waals surface area contributed by atoms with E-state index < -0.39 is 0 Å². The molecule has 3 N–H and O–H groups in total. The molecule has 0 spiro atoms. The van der Waals surface area contributed by atoms with E-state index in [-0.39, 0.29) is 11.8 Å². The molecule has 1 aliphatic rings. The number of carbonyl (C=O) groups excluding carboxylic acids is 2. The molecule has 52 heavy (non-hydrogen) atoms. The van der Waals surface area contributed by atoms with Crippen molar-refractivity contribution < 1.29 is 28.5 Å². The Kier molecular flexibility index (Phi) is 12.3. The second-order valence-electron chi connectivity index (χ2n) is 12.6. The molecule has 270 valence electrons. The zero-order valence-electron chi connectivity index (χ0n) is 29.9. The van der Waals surface area contributed by atoms with Crippen molar-refractivity contribution in [3.8, 4) is 11.5 Å². The van der Waals surface area contributed by atoms with Crippen molar-refractivity contribution >= 4 is 39.8 Å². The summed E-state index contributed by atoms with van der Waals surface area (Å²) in [5.41, 5.74) is 7.01. The van der Waals surface area contributed by atoms with Gasteiger partial charge in [0.1, 0.15) is 0 Å². The maximum atomic E-state index is 13.8. The van der Waals surface area contributed by atoms with Crippen LogP contribution in [0.4, 0.5) is 17.1 Å². The average Bonchev–Trinajstić information content (AvgIpc) is 3.18. The number of rotatable bonds is 16. The highest BCUT2D eigenvalue weighted by Crippen LogP contribution is 2.33. The van der Waals surface area contributed by atoms with E-state index >= 15 is 0 Å². The molecule has 4 aromatic carbocycles. The van der Waals surface area contributed by atoms with Gasteiger partial charge in [-0.3, -0.25) is 19.5 Å². The van der Waals surface area contributed by atoms with E-state index in [2.05, 4.69) is 38.0 Å². The number of amides is 2. The molecule has 6 rings (SSSR count). The van der Waals surface area contributed by atoms with Gasteiger partial charge in [0, 0.05) is 56.2 Å². The molecule has 2 heterocycles. The zero-order valence-corrected chi connectivity index (χ0v) is 29.9. The van der Waals surface area contributed by atoms with Gasteiger partial charge in [-0.25, -0.2) is 0 Å². The van der Waals surface area contributed by atoms with E-state index in [0.717, 1.165) is 60.6 Å². The van der Waals surface area contributed by atoms with Crippen LogP contribution in [0.3, 0.4) is 0 Å². The topological polar surface area (TPSA) is 123 Å². The highest BCUT2D eigenvalue weighted by atomic mass is 16.5. The van der Waals surface area contributed by atoms with Crippen LogP contribution in [0.5, 0.6) is 11.5 Å². The number of hydrogen-bond donors (Lipinski definition) is 3. The van der Waals surface area contributed by atoms with Gasteiger partial charge in [-0.05, 0) is 84.1 Å². The van der Waals surface area contributed by atoms with E-state index in [1.165, 1.54) is 22.9 Å². The molecule has 0 saturated carbocycles. The molecule has 11 nitrogen and oxygen atoms in total. The van der Waals surface area contributed by atoms with Crippen LogP contribution in [-0.4, -0.2) is 82.5 Å². The Balaban J connectivity index is 1.10. The van der Waals surface area contributed by atoms with E-state index in [9.17, 15) is 9.59 Å². The maximum absolute atomic E-state index is 13.8. The summed E-state index contributed by atoms with van der Waals surface area (Å²) in [7, 11) is 4.96. The molecule has 5 aromatic rings. The van der Waals surface area contributed by atoms with Crippen LogP contribution < -0.4 is 25.4 Å². The number of fused-ring (bicyclic) bond motifs is 2. The second-order valence-corrected chi connectivity index (χ2v) is 12.6. The molecule has 0 unspecified atom stereocenters. The molecule has 1 aromatic heterocycles. The van der Waals surface area contributed by atoms with Crippen molar-refractivity contribution in [2.24, 2.45) is 0 Å². The number of nitrogens with zero attached hydrogens (tertiary/aromatic N) is 2. The van der Waals surface area contributed by atoms with Crippen LogP contribution in [0.2, 0.25) is 0 Å². The van der Waals surface area contributed by atoms with Gasteiger partial charge in [-0.2, -0.15) is 0 Å². The first-order valence-corrected chi connectivity index (χ1v) is 17.4. The van der Waals surface area contributed by atoms with Gasteiger partial charge in [-0.1, -0.05) is 30.3 Å². The molecular weight excluding hydrogens is 658 g/mol. The van der Waals surface area contributed by atoms with Crippen molar-refractivity contribution in [1.82, 2.24) is 9.88 Å². The van der Waals surface area contributed by atoms with Crippen LogP contribution in [0.25, 0.3) is 10.9 Å². The molecule has 0 fully saturated rings. The van der Waals surface area contributed by atoms with Crippen LogP contribution in [0, 0.1) is 0 Å². The van der Waals surface area contributed by atoms with Crippen LogP contribution in [0.1, 0.15) is 37.4 Å². The van der Waals surface area contributed by atoms with Crippen molar-refractivity contribution in [2.45, 2.75) is 19.4 Å².